The van der Waals surface area contributed by atoms with Gasteiger partial charge in [0.05, 0.1) is 19.8 Å². The number of aryl methyl sites for hydroxylation is 1. The number of carbonyl (C=O) groups is 2. The molecule has 6 heteroatoms. The molecule has 0 radical (unpaired) electrons. The van der Waals surface area contributed by atoms with E-state index in [1.807, 2.05) is 19.1 Å². The Labute approximate surface area is 130 Å². The Morgan fingerprint density at radius 2 is 1.82 bits per heavy atom. The van der Waals surface area contributed by atoms with Crippen molar-refractivity contribution in [1.82, 2.24) is 15.5 Å². The standard InChI is InChI=1S/C16H23N3O3/c1-13-2-4-14(5-3-13)16(21)18-12-15(20)17-6-7-19-8-10-22-11-9-19/h2-5H,6-12H2,1H3,(H,17,20)(H,18,21). The fourth-order valence-electron chi connectivity index (χ4n) is 2.21. The summed E-state index contributed by atoms with van der Waals surface area (Å²) in [4.78, 5) is 25.8. The number of nitrogens with one attached hydrogen (secondary N) is 2. The van der Waals surface area contributed by atoms with Gasteiger partial charge < -0.3 is 15.4 Å². The molecule has 6 nitrogen and oxygen atoms in total. The van der Waals surface area contributed by atoms with Crippen molar-refractivity contribution >= 4 is 11.8 Å². The van der Waals surface area contributed by atoms with Crippen LogP contribution in [0.2, 0.25) is 0 Å². The molecule has 22 heavy (non-hydrogen) atoms. The van der Waals surface area contributed by atoms with Gasteiger partial charge in [0.15, 0.2) is 0 Å². The summed E-state index contributed by atoms with van der Waals surface area (Å²) < 4.78 is 5.26. The van der Waals surface area contributed by atoms with Crippen molar-refractivity contribution in [3.8, 4) is 0 Å². The zero-order valence-electron chi connectivity index (χ0n) is 12.9. The van der Waals surface area contributed by atoms with E-state index in [2.05, 4.69) is 15.5 Å². The first-order valence-corrected chi connectivity index (χ1v) is 7.57. The number of morpholine rings is 1. The van der Waals surface area contributed by atoms with Gasteiger partial charge in [-0.05, 0) is 19.1 Å². The lowest BCUT2D eigenvalue weighted by Crippen LogP contribution is -2.43. The van der Waals surface area contributed by atoms with Crippen molar-refractivity contribution < 1.29 is 14.3 Å². The smallest absolute Gasteiger partial charge is 0.251 e. The van der Waals surface area contributed by atoms with E-state index in [4.69, 9.17) is 4.74 Å². The lowest BCUT2D eigenvalue weighted by atomic mass is 10.1. The Kier molecular flexibility index (Phi) is 6.36. The van der Waals surface area contributed by atoms with Gasteiger partial charge in [0.25, 0.3) is 5.91 Å². The molecule has 0 unspecified atom stereocenters. The van der Waals surface area contributed by atoms with E-state index in [9.17, 15) is 9.59 Å². The van der Waals surface area contributed by atoms with Crippen LogP contribution in [-0.2, 0) is 9.53 Å². The predicted octanol–water partition coefficient (Wildman–Crippen LogP) is 0.173. The van der Waals surface area contributed by atoms with Gasteiger partial charge in [-0.25, -0.2) is 0 Å². The fourth-order valence-corrected chi connectivity index (χ4v) is 2.21. The van der Waals surface area contributed by atoms with Gasteiger partial charge in [0.1, 0.15) is 0 Å². The Bertz CT molecular complexity index is 496. The summed E-state index contributed by atoms with van der Waals surface area (Å²) in [5.74, 6) is -0.406. The maximum atomic E-state index is 11.9. The number of amides is 2. The van der Waals surface area contributed by atoms with E-state index in [1.54, 1.807) is 12.1 Å². The molecule has 1 fully saturated rings. The number of benzene rings is 1. The number of rotatable bonds is 6. The van der Waals surface area contributed by atoms with Gasteiger partial charge in [-0.1, -0.05) is 17.7 Å². The largest absolute Gasteiger partial charge is 0.379 e. The van der Waals surface area contributed by atoms with Crippen LogP contribution in [0.25, 0.3) is 0 Å². The molecule has 2 amide bonds. The van der Waals surface area contributed by atoms with Crippen LogP contribution in [0.5, 0.6) is 0 Å². The number of hydrogen-bond donors (Lipinski definition) is 2. The quantitative estimate of drug-likeness (QED) is 0.786. The lowest BCUT2D eigenvalue weighted by molar-refractivity contribution is -0.120. The average Bonchev–Trinajstić information content (AvgIpc) is 2.54. The summed E-state index contributed by atoms with van der Waals surface area (Å²) in [6.45, 7) is 6.65. The number of carbonyl (C=O) groups excluding carboxylic acids is 2. The minimum absolute atomic E-state index is 0.00415. The highest BCUT2D eigenvalue weighted by Crippen LogP contribution is 2.02. The maximum absolute atomic E-state index is 11.9. The molecule has 0 atom stereocenters. The van der Waals surface area contributed by atoms with E-state index in [1.165, 1.54) is 0 Å². The molecule has 0 saturated carbocycles. The van der Waals surface area contributed by atoms with Gasteiger partial charge in [-0.3, -0.25) is 14.5 Å². The van der Waals surface area contributed by atoms with Gasteiger partial charge in [0.2, 0.25) is 5.91 Å². The van der Waals surface area contributed by atoms with Crippen LogP contribution >= 0.6 is 0 Å². The first-order valence-electron chi connectivity index (χ1n) is 7.57. The first-order chi connectivity index (χ1) is 10.6. The molecule has 2 rings (SSSR count). The first kappa shape index (κ1) is 16.5. The Hall–Kier alpha value is -1.92. The van der Waals surface area contributed by atoms with Crippen LogP contribution in [0.4, 0.5) is 0 Å². The summed E-state index contributed by atoms with van der Waals surface area (Å²) in [7, 11) is 0. The van der Waals surface area contributed by atoms with E-state index >= 15 is 0 Å². The van der Waals surface area contributed by atoms with E-state index in [0.717, 1.165) is 38.4 Å². The molecule has 0 bridgehead atoms. The Morgan fingerprint density at radius 1 is 1.14 bits per heavy atom. The molecule has 0 spiro atoms. The van der Waals surface area contributed by atoms with Crippen LogP contribution in [-0.4, -0.2) is 62.7 Å². The molecule has 0 aliphatic carbocycles. The minimum Gasteiger partial charge on any atom is -0.379 e. The molecule has 1 aliphatic heterocycles. The number of nitrogens with zero attached hydrogens (tertiary/aromatic N) is 1. The molecule has 0 aromatic heterocycles. The molecule has 1 saturated heterocycles. The fraction of sp³-hybridized carbons (Fsp3) is 0.500. The van der Waals surface area contributed by atoms with E-state index in [0.29, 0.717) is 12.1 Å². The summed E-state index contributed by atoms with van der Waals surface area (Å²) in [6, 6.07) is 7.25. The van der Waals surface area contributed by atoms with Crippen LogP contribution in [0, 0.1) is 6.92 Å². The second-order valence-electron chi connectivity index (χ2n) is 5.35. The zero-order valence-corrected chi connectivity index (χ0v) is 12.9. The number of hydrogen-bond acceptors (Lipinski definition) is 4. The van der Waals surface area contributed by atoms with Crippen molar-refractivity contribution in [3.63, 3.8) is 0 Å². The van der Waals surface area contributed by atoms with Gasteiger partial charge >= 0.3 is 0 Å². The highest BCUT2D eigenvalue weighted by Gasteiger charge is 2.11. The highest BCUT2D eigenvalue weighted by molar-refractivity contribution is 5.96. The lowest BCUT2D eigenvalue weighted by Gasteiger charge is -2.26. The SMILES string of the molecule is Cc1ccc(C(=O)NCC(=O)NCCN2CCOCC2)cc1. The third kappa shape index (κ3) is 5.46. The molecule has 2 N–H and O–H groups in total. The second kappa shape index (κ2) is 8.51. The van der Waals surface area contributed by atoms with Crippen LogP contribution in [0.15, 0.2) is 24.3 Å². The van der Waals surface area contributed by atoms with Crippen molar-refractivity contribution in [2.75, 3.05) is 45.9 Å². The third-order valence-corrected chi connectivity index (χ3v) is 3.58. The zero-order chi connectivity index (χ0) is 15.8. The van der Waals surface area contributed by atoms with E-state index in [-0.39, 0.29) is 18.4 Å². The van der Waals surface area contributed by atoms with Crippen molar-refractivity contribution in [1.29, 1.82) is 0 Å². The van der Waals surface area contributed by atoms with Crippen molar-refractivity contribution in [3.05, 3.63) is 35.4 Å². The van der Waals surface area contributed by atoms with Gasteiger partial charge in [0, 0.05) is 31.7 Å². The molecule has 1 aromatic rings. The van der Waals surface area contributed by atoms with Gasteiger partial charge in [-0.15, -0.1) is 0 Å². The van der Waals surface area contributed by atoms with Crippen LogP contribution < -0.4 is 10.6 Å². The highest BCUT2D eigenvalue weighted by atomic mass is 16.5. The van der Waals surface area contributed by atoms with Crippen molar-refractivity contribution in [2.24, 2.45) is 0 Å². The topological polar surface area (TPSA) is 70.7 Å². The number of ether oxygens (including phenoxy) is 1. The van der Waals surface area contributed by atoms with Crippen LogP contribution in [0.3, 0.4) is 0 Å². The molecular formula is C16H23N3O3. The molecule has 1 heterocycles. The Morgan fingerprint density at radius 3 is 2.50 bits per heavy atom. The van der Waals surface area contributed by atoms with E-state index < -0.39 is 0 Å². The van der Waals surface area contributed by atoms with Gasteiger partial charge in [-0.2, -0.15) is 0 Å². The molecule has 1 aliphatic rings. The Balaban J connectivity index is 1.62. The molecule has 120 valence electrons. The maximum Gasteiger partial charge on any atom is 0.251 e. The summed E-state index contributed by atoms with van der Waals surface area (Å²) >= 11 is 0. The minimum atomic E-state index is -0.233. The molecule has 1 aromatic carbocycles. The third-order valence-electron chi connectivity index (χ3n) is 3.58. The monoisotopic (exact) mass is 305 g/mol. The molecular weight excluding hydrogens is 282 g/mol. The second-order valence-corrected chi connectivity index (χ2v) is 5.35. The summed E-state index contributed by atoms with van der Waals surface area (Å²) in [5, 5.41) is 5.43. The average molecular weight is 305 g/mol. The summed E-state index contributed by atoms with van der Waals surface area (Å²) in [5.41, 5.74) is 1.66. The van der Waals surface area contributed by atoms with Crippen molar-refractivity contribution in [2.45, 2.75) is 6.92 Å². The van der Waals surface area contributed by atoms with Crippen LogP contribution in [0.1, 0.15) is 15.9 Å². The summed E-state index contributed by atoms with van der Waals surface area (Å²) in [6.07, 6.45) is 0. The predicted molar refractivity (Wildman–Crippen MR) is 83.8 cm³/mol. The normalized spacial score (nSPS) is 15.3.